The molecular formula is C11H23N2O3P. The summed E-state index contributed by atoms with van der Waals surface area (Å²) in [5.41, 5.74) is 0. The maximum absolute atomic E-state index is 9.53. The second kappa shape index (κ2) is 10.7. The molecule has 5 nitrogen and oxygen atoms in total. The zero-order valence-electron chi connectivity index (χ0n) is 10.9. The molecule has 1 aromatic rings. The number of unbranched alkanes of at least 4 members (excludes halogenated alkanes) is 1. The Kier molecular flexibility index (Phi) is 10.4. The van der Waals surface area contributed by atoms with Gasteiger partial charge in [0.2, 0.25) is 6.33 Å². The first-order valence-electron chi connectivity index (χ1n) is 5.97. The minimum absolute atomic E-state index is 0.297. The largest absolute Gasteiger partial charge is 0.786 e. The number of aryl methyl sites for hydroxylation is 2. The van der Waals surface area contributed by atoms with E-state index >= 15 is 0 Å². The van der Waals surface area contributed by atoms with E-state index in [0.717, 1.165) is 13.1 Å². The Hall–Kier alpha value is -0.480. The fraction of sp³-hybridized carbons (Fsp3) is 0.727. The minimum Gasteiger partial charge on any atom is -0.786 e. The van der Waals surface area contributed by atoms with Crippen molar-refractivity contribution in [3.05, 3.63) is 18.7 Å². The predicted octanol–water partition coefficient (Wildman–Crippen LogP) is 1.20. The lowest BCUT2D eigenvalue weighted by Crippen LogP contribution is -2.28. The van der Waals surface area contributed by atoms with Gasteiger partial charge in [-0.15, -0.1) is 0 Å². The summed E-state index contributed by atoms with van der Waals surface area (Å²) >= 11 is 0. The molecule has 0 aromatic carbocycles. The van der Waals surface area contributed by atoms with Gasteiger partial charge >= 0.3 is 0 Å². The zero-order valence-corrected chi connectivity index (χ0v) is 11.8. The second-order valence-corrected chi connectivity index (χ2v) is 4.22. The summed E-state index contributed by atoms with van der Waals surface area (Å²) in [6.45, 7) is 8.55. The minimum atomic E-state index is -2.35. The van der Waals surface area contributed by atoms with Crippen LogP contribution in [0.2, 0.25) is 0 Å². The van der Waals surface area contributed by atoms with E-state index in [-0.39, 0.29) is 0 Å². The number of nitrogens with zero attached hydrogens (tertiary/aromatic N) is 2. The Morgan fingerprint density at radius 3 is 2.47 bits per heavy atom. The van der Waals surface area contributed by atoms with Gasteiger partial charge in [0.15, 0.2) is 0 Å². The lowest BCUT2D eigenvalue weighted by molar-refractivity contribution is -0.693. The van der Waals surface area contributed by atoms with Crippen LogP contribution in [-0.4, -0.2) is 16.1 Å². The van der Waals surface area contributed by atoms with Gasteiger partial charge in [-0.3, -0.25) is 0 Å². The van der Waals surface area contributed by atoms with Gasteiger partial charge in [-0.2, -0.15) is 0 Å². The van der Waals surface area contributed by atoms with E-state index in [2.05, 4.69) is 46.2 Å². The molecule has 0 spiro atoms. The van der Waals surface area contributed by atoms with Gasteiger partial charge in [0.1, 0.15) is 12.4 Å². The van der Waals surface area contributed by atoms with Crippen molar-refractivity contribution in [2.45, 2.75) is 46.7 Å². The van der Waals surface area contributed by atoms with Gasteiger partial charge in [0.05, 0.1) is 21.7 Å². The molecule has 0 radical (unpaired) electrons. The Bertz CT molecular complexity index is 279. The van der Waals surface area contributed by atoms with Crippen molar-refractivity contribution in [3.8, 4) is 0 Å². The highest BCUT2D eigenvalue weighted by Gasteiger charge is 1.98. The van der Waals surface area contributed by atoms with Crippen LogP contribution in [0.4, 0.5) is 0 Å². The highest BCUT2D eigenvalue weighted by molar-refractivity contribution is 7.37. The number of aromatic nitrogens is 2. The van der Waals surface area contributed by atoms with E-state index in [1.807, 2.05) is 0 Å². The zero-order chi connectivity index (χ0) is 13.1. The Morgan fingerprint density at radius 2 is 2.12 bits per heavy atom. The number of hydrogen-bond donors (Lipinski definition) is 1. The van der Waals surface area contributed by atoms with Gasteiger partial charge in [0.25, 0.3) is 0 Å². The molecule has 0 aliphatic rings. The predicted molar refractivity (Wildman–Crippen MR) is 66.0 cm³/mol. The van der Waals surface area contributed by atoms with Gasteiger partial charge in [0, 0.05) is 6.61 Å². The third-order valence-corrected chi connectivity index (χ3v) is 2.60. The van der Waals surface area contributed by atoms with Crippen LogP contribution in [-0.2, 0) is 17.6 Å². The van der Waals surface area contributed by atoms with Crippen molar-refractivity contribution in [1.29, 1.82) is 0 Å². The SMILES string of the molecule is CCCCn1cc[n+](CC)c1.CCOP([O-])O. The lowest BCUT2D eigenvalue weighted by atomic mass is 10.3. The summed E-state index contributed by atoms with van der Waals surface area (Å²) in [6, 6.07) is 0. The Morgan fingerprint density at radius 1 is 1.41 bits per heavy atom. The highest BCUT2D eigenvalue weighted by Crippen LogP contribution is 2.16. The molecule has 1 atom stereocenters. The molecule has 1 aromatic heterocycles. The van der Waals surface area contributed by atoms with E-state index in [1.54, 1.807) is 6.92 Å². The third-order valence-electron chi connectivity index (χ3n) is 2.12. The maximum Gasteiger partial charge on any atom is 0.243 e. The van der Waals surface area contributed by atoms with Crippen molar-refractivity contribution in [2.24, 2.45) is 0 Å². The van der Waals surface area contributed by atoms with E-state index in [9.17, 15) is 4.89 Å². The first-order chi connectivity index (χ1) is 8.13. The lowest BCUT2D eigenvalue weighted by Gasteiger charge is -2.11. The first kappa shape index (κ1) is 16.5. The van der Waals surface area contributed by atoms with E-state index in [0.29, 0.717) is 6.61 Å². The molecule has 0 saturated heterocycles. The Labute approximate surface area is 105 Å². The quantitative estimate of drug-likeness (QED) is 0.619. The molecule has 1 rings (SSSR count). The van der Waals surface area contributed by atoms with Crippen molar-refractivity contribution in [1.82, 2.24) is 4.57 Å². The fourth-order valence-electron chi connectivity index (χ4n) is 1.21. The highest BCUT2D eigenvalue weighted by atomic mass is 31.2. The van der Waals surface area contributed by atoms with Gasteiger partial charge < -0.3 is 14.3 Å². The average Bonchev–Trinajstić information content (AvgIpc) is 2.75. The molecule has 0 aliphatic carbocycles. The molecule has 1 unspecified atom stereocenters. The summed E-state index contributed by atoms with van der Waals surface area (Å²) in [4.78, 5) is 17.4. The number of imidazole rings is 1. The first-order valence-corrected chi connectivity index (χ1v) is 7.10. The number of rotatable bonds is 6. The Balaban J connectivity index is 0.000000366. The monoisotopic (exact) mass is 262 g/mol. The van der Waals surface area contributed by atoms with Gasteiger partial charge in [-0.05, 0) is 20.3 Å². The van der Waals surface area contributed by atoms with Crippen LogP contribution in [0.25, 0.3) is 0 Å². The van der Waals surface area contributed by atoms with E-state index < -0.39 is 8.60 Å². The molecule has 6 heteroatoms. The smallest absolute Gasteiger partial charge is 0.243 e. The fourth-order valence-corrected chi connectivity index (χ4v) is 1.43. The molecule has 0 aliphatic heterocycles. The third kappa shape index (κ3) is 9.24. The topological polar surface area (TPSA) is 61.3 Å². The summed E-state index contributed by atoms with van der Waals surface area (Å²) in [6.07, 6.45) is 8.97. The van der Waals surface area contributed by atoms with Crippen LogP contribution in [0.1, 0.15) is 33.6 Å². The molecule has 1 N–H and O–H groups in total. The molecule has 1 heterocycles. The van der Waals surface area contributed by atoms with Crippen molar-refractivity contribution in [3.63, 3.8) is 0 Å². The van der Waals surface area contributed by atoms with Crippen LogP contribution in [0, 0.1) is 0 Å². The van der Waals surface area contributed by atoms with Crippen molar-refractivity contribution < 1.29 is 18.9 Å². The summed E-state index contributed by atoms with van der Waals surface area (Å²) in [5.74, 6) is 0. The molecule has 0 saturated carbocycles. The van der Waals surface area contributed by atoms with Gasteiger partial charge in [-0.25, -0.2) is 9.13 Å². The average molecular weight is 262 g/mol. The molecule has 0 amide bonds. The standard InChI is InChI=1S/C9H17N2.C2H6O3P/c1-3-5-6-11-8-7-10(4-2)9-11;1-2-5-6(3)4/h7-9H,3-6H2,1-2H3;3H,2H2,1H3/q+1;-1. The maximum atomic E-state index is 9.53. The van der Waals surface area contributed by atoms with Crippen molar-refractivity contribution >= 4 is 8.60 Å². The molecular weight excluding hydrogens is 239 g/mol. The van der Waals surface area contributed by atoms with Crippen molar-refractivity contribution in [2.75, 3.05) is 6.61 Å². The normalized spacial score (nSPS) is 11.8. The van der Waals surface area contributed by atoms with E-state index in [4.69, 9.17) is 4.89 Å². The second-order valence-electron chi connectivity index (χ2n) is 3.49. The molecule has 17 heavy (non-hydrogen) atoms. The summed E-state index contributed by atoms with van der Waals surface area (Å²) in [7, 11) is -2.35. The van der Waals surface area contributed by atoms with Crippen LogP contribution in [0.3, 0.4) is 0 Å². The van der Waals surface area contributed by atoms with E-state index in [1.165, 1.54) is 12.8 Å². The molecule has 0 bridgehead atoms. The molecule has 100 valence electrons. The molecule has 0 fully saturated rings. The van der Waals surface area contributed by atoms with Crippen LogP contribution < -0.4 is 9.46 Å². The summed E-state index contributed by atoms with van der Waals surface area (Å²) < 4.78 is 8.54. The van der Waals surface area contributed by atoms with Crippen LogP contribution in [0.15, 0.2) is 18.7 Å². The summed E-state index contributed by atoms with van der Waals surface area (Å²) in [5, 5.41) is 0. The van der Waals surface area contributed by atoms with Crippen LogP contribution >= 0.6 is 8.60 Å². The van der Waals surface area contributed by atoms with Crippen LogP contribution in [0.5, 0.6) is 0 Å². The number of hydrogen-bond acceptors (Lipinski definition) is 3. The van der Waals surface area contributed by atoms with Gasteiger partial charge in [-0.1, -0.05) is 13.3 Å².